The van der Waals surface area contributed by atoms with E-state index in [2.05, 4.69) is 5.32 Å². The summed E-state index contributed by atoms with van der Waals surface area (Å²) in [6.45, 7) is 7.47. The Kier molecular flexibility index (Phi) is 5.49. The molecular formula is C22H27N5O7. The molecule has 0 bridgehead atoms. The van der Waals surface area contributed by atoms with Crippen molar-refractivity contribution in [1.82, 2.24) is 15.1 Å². The molecule has 12 nitrogen and oxygen atoms in total. The Morgan fingerprint density at radius 1 is 1.26 bits per heavy atom. The van der Waals surface area contributed by atoms with Crippen LogP contribution in [0, 0.1) is 15.5 Å². The number of amides is 5. The number of urea groups is 1. The summed E-state index contributed by atoms with van der Waals surface area (Å²) in [5.41, 5.74) is -1.75. The quantitative estimate of drug-likeness (QED) is 0.388. The molecule has 3 heterocycles. The van der Waals surface area contributed by atoms with Crippen LogP contribution in [-0.2, 0) is 20.7 Å². The average Bonchev–Trinajstić information content (AvgIpc) is 2.75. The Labute approximate surface area is 195 Å². The molecule has 182 valence electrons. The van der Waals surface area contributed by atoms with Gasteiger partial charge < -0.3 is 14.5 Å². The first-order valence-electron chi connectivity index (χ1n) is 11.1. The van der Waals surface area contributed by atoms with E-state index in [0.29, 0.717) is 11.3 Å². The summed E-state index contributed by atoms with van der Waals surface area (Å²) >= 11 is 0. The van der Waals surface area contributed by atoms with E-state index in [1.165, 1.54) is 17.0 Å². The molecular weight excluding hydrogens is 446 g/mol. The van der Waals surface area contributed by atoms with E-state index in [4.69, 9.17) is 4.74 Å². The first-order valence-corrected chi connectivity index (χ1v) is 11.1. The second kappa shape index (κ2) is 7.96. The van der Waals surface area contributed by atoms with Crippen LogP contribution in [0.3, 0.4) is 0 Å². The SMILES string of the molecule is CCOC(=O)N1CCN2c3ccc([N+](=O)[O-])cc3CC3(C(=O)NC(=O)N(C(C)(C)C)C3=O)C2C1. The number of non-ortho nitro benzene ring substituents is 1. The van der Waals surface area contributed by atoms with Crippen LogP contribution in [0.1, 0.15) is 33.3 Å². The average molecular weight is 473 g/mol. The maximum absolute atomic E-state index is 14.0. The molecule has 1 aromatic rings. The fourth-order valence-corrected chi connectivity index (χ4v) is 5.11. The molecule has 34 heavy (non-hydrogen) atoms. The van der Waals surface area contributed by atoms with Gasteiger partial charge in [0.2, 0.25) is 11.8 Å². The number of carbonyl (C=O) groups excluding carboxylic acids is 4. The normalized spacial score (nSPS) is 24.5. The van der Waals surface area contributed by atoms with E-state index in [1.54, 1.807) is 33.8 Å². The molecule has 5 amide bonds. The van der Waals surface area contributed by atoms with Crippen molar-refractivity contribution in [1.29, 1.82) is 0 Å². The predicted molar refractivity (Wildman–Crippen MR) is 119 cm³/mol. The Hall–Kier alpha value is -3.70. The van der Waals surface area contributed by atoms with Crippen molar-refractivity contribution in [3.8, 4) is 0 Å². The van der Waals surface area contributed by atoms with Crippen LogP contribution in [0.2, 0.25) is 0 Å². The van der Waals surface area contributed by atoms with E-state index in [9.17, 15) is 29.3 Å². The molecule has 2 unspecified atom stereocenters. The first-order chi connectivity index (χ1) is 15.9. The van der Waals surface area contributed by atoms with E-state index >= 15 is 0 Å². The minimum atomic E-state index is -1.77. The highest BCUT2D eigenvalue weighted by Gasteiger charge is 2.64. The van der Waals surface area contributed by atoms with Gasteiger partial charge in [0.1, 0.15) is 0 Å². The van der Waals surface area contributed by atoms with Crippen LogP contribution in [0.15, 0.2) is 18.2 Å². The molecule has 0 aliphatic carbocycles. The number of hydrogen-bond acceptors (Lipinski definition) is 8. The molecule has 12 heteroatoms. The number of fused-ring (bicyclic) bond motifs is 4. The Morgan fingerprint density at radius 3 is 2.59 bits per heavy atom. The maximum atomic E-state index is 14.0. The van der Waals surface area contributed by atoms with Crippen LogP contribution < -0.4 is 10.2 Å². The number of barbiturate groups is 1. The summed E-state index contributed by atoms with van der Waals surface area (Å²) in [5, 5.41) is 13.7. The van der Waals surface area contributed by atoms with E-state index in [1.807, 2.05) is 4.90 Å². The largest absolute Gasteiger partial charge is 0.450 e. The number of nitro groups is 1. The van der Waals surface area contributed by atoms with Gasteiger partial charge in [-0.05, 0) is 39.3 Å². The zero-order chi connectivity index (χ0) is 25.0. The third-order valence-corrected chi connectivity index (χ3v) is 6.61. The fraction of sp³-hybridized carbons (Fsp3) is 0.545. The highest BCUT2D eigenvalue weighted by Crippen LogP contribution is 2.47. The number of carbonyl (C=O) groups is 4. The summed E-state index contributed by atoms with van der Waals surface area (Å²) < 4.78 is 5.14. The van der Waals surface area contributed by atoms with E-state index in [0.717, 1.165) is 4.90 Å². The molecule has 0 saturated carbocycles. The summed E-state index contributed by atoms with van der Waals surface area (Å²) in [4.78, 5) is 67.9. The third-order valence-electron chi connectivity index (χ3n) is 6.61. The second-order valence-electron chi connectivity index (χ2n) is 9.64. The highest BCUT2D eigenvalue weighted by atomic mass is 16.6. The lowest BCUT2D eigenvalue weighted by molar-refractivity contribution is -0.384. The van der Waals surface area contributed by atoms with E-state index in [-0.39, 0.29) is 38.3 Å². The van der Waals surface area contributed by atoms with Gasteiger partial charge >= 0.3 is 12.1 Å². The van der Waals surface area contributed by atoms with Crippen LogP contribution in [0.5, 0.6) is 0 Å². The van der Waals surface area contributed by atoms with Gasteiger partial charge in [-0.25, -0.2) is 9.59 Å². The number of hydrogen-bond donors (Lipinski definition) is 1. The fourth-order valence-electron chi connectivity index (χ4n) is 5.11. The van der Waals surface area contributed by atoms with Crippen LogP contribution >= 0.6 is 0 Å². The number of imide groups is 2. The van der Waals surface area contributed by atoms with Crippen molar-refractivity contribution in [2.45, 2.75) is 45.7 Å². The number of nitrogens with zero attached hydrogens (tertiary/aromatic N) is 4. The van der Waals surface area contributed by atoms with Gasteiger partial charge in [-0.3, -0.25) is 29.9 Å². The van der Waals surface area contributed by atoms with Crippen molar-refractivity contribution in [2.75, 3.05) is 31.1 Å². The van der Waals surface area contributed by atoms with Gasteiger partial charge in [-0.1, -0.05) is 0 Å². The van der Waals surface area contributed by atoms with Crippen LogP contribution in [0.25, 0.3) is 0 Å². The number of ether oxygens (including phenoxy) is 1. The second-order valence-corrected chi connectivity index (χ2v) is 9.64. The lowest BCUT2D eigenvalue weighted by Gasteiger charge is -2.56. The standard InChI is InChI=1S/C22H27N5O7/c1-5-34-20(31)24-8-9-25-15-7-6-14(27(32)33)10-13(15)11-22(16(25)12-24)17(28)23-19(30)26(18(22)29)21(2,3)4/h6-7,10,16H,5,8-9,11-12H2,1-4H3,(H,23,28,30). The molecule has 2 saturated heterocycles. The molecule has 3 aliphatic rings. The molecule has 1 spiro atoms. The molecule has 3 aliphatic heterocycles. The minimum Gasteiger partial charge on any atom is -0.450 e. The van der Waals surface area contributed by atoms with Gasteiger partial charge in [0.05, 0.1) is 17.6 Å². The molecule has 0 radical (unpaired) electrons. The molecule has 2 atom stereocenters. The number of nitro benzene ring substituents is 1. The van der Waals surface area contributed by atoms with Crippen molar-refractivity contribution >= 4 is 35.3 Å². The summed E-state index contributed by atoms with van der Waals surface area (Å²) in [7, 11) is 0. The lowest BCUT2D eigenvalue weighted by atomic mass is 9.67. The summed E-state index contributed by atoms with van der Waals surface area (Å²) in [6, 6.07) is 2.72. The monoisotopic (exact) mass is 473 g/mol. The van der Waals surface area contributed by atoms with Crippen LogP contribution in [-0.4, -0.2) is 76.5 Å². The van der Waals surface area contributed by atoms with Gasteiger partial charge in [0.25, 0.3) is 5.69 Å². The Morgan fingerprint density at radius 2 is 1.97 bits per heavy atom. The molecule has 1 aromatic carbocycles. The van der Waals surface area contributed by atoms with Gasteiger partial charge in [-0.15, -0.1) is 0 Å². The smallest absolute Gasteiger partial charge is 0.409 e. The Balaban J connectivity index is 1.88. The van der Waals surface area contributed by atoms with Crippen molar-refractivity contribution in [2.24, 2.45) is 5.41 Å². The zero-order valence-corrected chi connectivity index (χ0v) is 19.5. The number of benzene rings is 1. The van der Waals surface area contributed by atoms with Gasteiger partial charge in [0, 0.05) is 49.4 Å². The van der Waals surface area contributed by atoms with Crippen molar-refractivity contribution < 1.29 is 28.8 Å². The van der Waals surface area contributed by atoms with Crippen molar-refractivity contribution in [3.63, 3.8) is 0 Å². The lowest BCUT2D eigenvalue weighted by Crippen LogP contribution is -2.77. The Bertz CT molecular complexity index is 1100. The molecule has 0 aromatic heterocycles. The maximum Gasteiger partial charge on any atom is 0.409 e. The number of nitrogens with one attached hydrogen (secondary N) is 1. The molecule has 1 N–H and O–H groups in total. The third kappa shape index (κ3) is 3.44. The minimum absolute atomic E-state index is 0.0145. The van der Waals surface area contributed by atoms with Gasteiger partial charge in [0.15, 0.2) is 5.41 Å². The van der Waals surface area contributed by atoms with Crippen LogP contribution in [0.4, 0.5) is 21.0 Å². The predicted octanol–water partition coefficient (Wildman–Crippen LogP) is 1.66. The van der Waals surface area contributed by atoms with Gasteiger partial charge in [-0.2, -0.15) is 0 Å². The number of rotatable bonds is 2. The summed E-state index contributed by atoms with van der Waals surface area (Å²) in [5.74, 6) is -1.47. The number of piperazine rings is 1. The summed E-state index contributed by atoms with van der Waals surface area (Å²) in [6.07, 6.45) is -0.703. The van der Waals surface area contributed by atoms with E-state index < -0.39 is 45.9 Å². The highest BCUT2D eigenvalue weighted by molar-refractivity contribution is 6.20. The number of anilines is 1. The first kappa shape index (κ1) is 23.5. The zero-order valence-electron chi connectivity index (χ0n) is 19.5. The van der Waals surface area contributed by atoms with Crippen molar-refractivity contribution in [3.05, 3.63) is 33.9 Å². The molecule has 2 fully saturated rings. The topological polar surface area (TPSA) is 142 Å². The molecule has 4 rings (SSSR count).